The highest BCUT2D eigenvalue weighted by Crippen LogP contribution is 2.57. The summed E-state index contributed by atoms with van der Waals surface area (Å²) in [4.78, 5) is 14.5. The predicted molar refractivity (Wildman–Crippen MR) is 84.6 cm³/mol. The molecule has 0 aromatic carbocycles. The maximum absolute atomic E-state index is 12.6. The number of nitrogens with one attached hydrogen (secondary N) is 1. The number of amides is 2. The topological polar surface area (TPSA) is 61.8 Å². The van der Waals surface area contributed by atoms with Crippen LogP contribution in [-0.4, -0.2) is 54.5 Å². The van der Waals surface area contributed by atoms with Crippen molar-refractivity contribution in [2.75, 3.05) is 26.3 Å². The van der Waals surface area contributed by atoms with Crippen LogP contribution in [0.25, 0.3) is 0 Å². The first kappa shape index (κ1) is 16.1. The molecule has 3 unspecified atom stereocenters. The van der Waals surface area contributed by atoms with Crippen molar-refractivity contribution >= 4 is 6.03 Å². The minimum absolute atomic E-state index is 0.0469. The van der Waals surface area contributed by atoms with Gasteiger partial charge in [-0.1, -0.05) is 13.3 Å². The molecule has 3 atom stereocenters. The Balaban J connectivity index is 1.56. The van der Waals surface area contributed by atoms with Crippen LogP contribution in [0.1, 0.15) is 52.4 Å². The molecule has 3 fully saturated rings. The minimum atomic E-state index is -0.142. The molecule has 0 aromatic rings. The van der Waals surface area contributed by atoms with Crippen LogP contribution in [-0.2, 0) is 4.74 Å². The van der Waals surface area contributed by atoms with Crippen LogP contribution in [0.2, 0.25) is 0 Å². The molecule has 5 nitrogen and oxygen atoms in total. The number of ether oxygens (including phenoxy) is 1. The lowest BCUT2D eigenvalue weighted by Gasteiger charge is -2.61. The van der Waals surface area contributed by atoms with Crippen molar-refractivity contribution in [2.45, 2.75) is 64.5 Å². The highest BCUT2D eigenvalue weighted by atomic mass is 16.5. The summed E-state index contributed by atoms with van der Waals surface area (Å²) in [7, 11) is 0. The molecule has 1 aliphatic heterocycles. The maximum atomic E-state index is 12.6. The highest BCUT2D eigenvalue weighted by Gasteiger charge is 2.59. The molecule has 1 heterocycles. The summed E-state index contributed by atoms with van der Waals surface area (Å²) in [6.07, 6.45) is 6.86. The fourth-order valence-corrected chi connectivity index (χ4v) is 4.50. The number of piperidine rings is 1. The summed E-state index contributed by atoms with van der Waals surface area (Å²) in [6.45, 7) is 6.47. The first-order chi connectivity index (χ1) is 10.5. The SMILES string of the molecule is CCOC1CC(NC(=O)N2CCCC(C)(CO)C2)C12CCC2. The molecule has 2 saturated carbocycles. The van der Waals surface area contributed by atoms with Crippen LogP contribution in [0.3, 0.4) is 0 Å². The van der Waals surface area contributed by atoms with Crippen LogP contribution in [0.15, 0.2) is 0 Å². The Hall–Kier alpha value is -0.810. The van der Waals surface area contributed by atoms with Gasteiger partial charge in [-0.2, -0.15) is 0 Å². The van der Waals surface area contributed by atoms with E-state index in [1.165, 1.54) is 19.3 Å². The summed E-state index contributed by atoms with van der Waals surface area (Å²) in [5.41, 5.74) is 0.0684. The van der Waals surface area contributed by atoms with Gasteiger partial charge in [-0.3, -0.25) is 0 Å². The molecule has 2 N–H and O–H groups in total. The van der Waals surface area contributed by atoms with Gasteiger partial charge in [-0.15, -0.1) is 0 Å². The lowest BCUT2D eigenvalue weighted by molar-refractivity contribution is -0.170. The molecule has 1 saturated heterocycles. The Bertz CT molecular complexity index is 424. The minimum Gasteiger partial charge on any atom is -0.396 e. The fraction of sp³-hybridized carbons (Fsp3) is 0.941. The molecule has 0 radical (unpaired) electrons. The number of hydrogen-bond donors (Lipinski definition) is 2. The Kier molecular flexibility index (Phi) is 4.38. The second-order valence-corrected chi connectivity index (χ2v) is 7.76. The van der Waals surface area contributed by atoms with Gasteiger partial charge in [0, 0.05) is 36.6 Å². The van der Waals surface area contributed by atoms with Crippen LogP contribution >= 0.6 is 0 Å². The number of carbonyl (C=O) groups is 1. The zero-order valence-electron chi connectivity index (χ0n) is 13.9. The average molecular weight is 310 g/mol. The van der Waals surface area contributed by atoms with Crippen molar-refractivity contribution in [3.63, 3.8) is 0 Å². The first-order valence-electron chi connectivity index (χ1n) is 8.81. The molecule has 2 amide bonds. The predicted octanol–water partition coefficient (Wildman–Crippen LogP) is 2.14. The number of nitrogens with zero attached hydrogens (tertiary/aromatic N) is 1. The van der Waals surface area contributed by atoms with E-state index in [0.29, 0.717) is 12.6 Å². The molecular weight excluding hydrogens is 280 g/mol. The quantitative estimate of drug-likeness (QED) is 0.836. The molecule has 5 heteroatoms. The van der Waals surface area contributed by atoms with Crippen LogP contribution in [0.5, 0.6) is 0 Å². The second kappa shape index (κ2) is 6.00. The number of carbonyl (C=O) groups excluding carboxylic acids is 1. The average Bonchev–Trinajstić information content (AvgIpc) is 2.44. The number of urea groups is 1. The molecule has 0 aromatic heterocycles. The van der Waals surface area contributed by atoms with Gasteiger partial charge in [-0.25, -0.2) is 4.79 Å². The van der Waals surface area contributed by atoms with Crippen molar-refractivity contribution < 1.29 is 14.6 Å². The summed E-state index contributed by atoms with van der Waals surface area (Å²) in [6, 6.07) is 0.318. The van der Waals surface area contributed by atoms with E-state index >= 15 is 0 Å². The van der Waals surface area contributed by atoms with Crippen molar-refractivity contribution in [1.29, 1.82) is 0 Å². The van der Waals surface area contributed by atoms with Crippen LogP contribution < -0.4 is 5.32 Å². The van der Waals surface area contributed by atoms with Gasteiger partial charge in [0.15, 0.2) is 0 Å². The second-order valence-electron chi connectivity index (χ2n) is 7.76. The Morgan fingerprint density at radius 1 is 1.36 bits per heavy atom. The lowest BCUT2D eigenvalue weighted by atomic mass is 9.51. The third-order valence-electron chi connectivity index (χ3n) is 6.18. The smallest absolute Gasteiger partial charge is 0.317 e. The third-order valence-corrected chi connectivity index (χ3v) is 6.18. The fourth-order valence-electron chi connectivity index (χ4n) is 4.50. The molecule has 3 rings (SSSR count). The maximum Gasteiger partial charge on any atom is 0.317 e. The number of hydrogen-bond acceptors (Lipinski definition) is 3. The molecule has 126 valence electrons. The van der Waals surface area contributed by atoms with Gasteiger partial charge in [0.05, 0.1) is 12.7 Å². The number of likely N-dealkylation sites (tertiary alicyclic amines) is 1. The third kappa shape index (κ3) is 2.62. The van der Waals surface area contributed by atoms with E-state index in [2.05, 4.69) is 12.2 Å². The van der Waals surface area contributed by atoms with Crippen molar-refractivity contribution in [3.05, 3.63) is 0 Å². The summed E-state index contributed by atoms with van der Waals surface area (Å²) in [5.74, 6) is 0. The highest BCUT2D eigenvalue weighted by molar-refractivity contribution is 5.75. The zero-order chi connectivity index (χ0) is 15.8. The molecule has 3 aliphatic rings. The largest absolute Gasteiger partial charge is 0.396 e. The number of aliphatic hydroxyl groups is 1. The van der Waals surface area contributed by atoms with E-state index in [1.54, 1.807) is 0 Å². The molecule has 1 spiro atoms. The van der Waals surface area contributed by atoms with Gasteiger partial charge in [0.25, 0.3) is 0 Å². The Labute approximate surface area is 133 Å². The van der Waals surface area contributed by atoms with Crippen molar-refractivity contribution in [3.8, 4) is 0 Å². The van der Waals surface area contributed by atoms with Crippen LogP contribution in [0.4, 0.5) is 4.79 Å². The van der Waals surface area contributed by atoms with Gasteiger partial charge in [-0.05, 0) is 39.0 Å². The van der Waals surface area contributed by atoms with E-state index in [0.717, 1.165) is 32.4 Å². The van der Waals surface area contributed by atoms with E-state index in [9.17, 15) is 9.90 Å². The van der Waals surface area contributed by atoms with E-state index in [-0.39, 0.29) is 29.5 Å². The van der Waals surface area contributed by atoms with E-state index < -0.39 is 0 Å². The van der Waals surface area contributed by atoms with E-state index in [1.807, 2.05) is 11.8 Å². The molecule has 22 heavy (non-hydrogen) atoms. The summed E-state index contributed by atoms with van der Waals surface area (Å²) in [5, 5.41) is 12.8. The van der Waals surface area contributed by atoms with Gasteiger partial charge in [0.1, 0.15) is 0 Å². The monoisotopic (exact) mass is 310 g/mol. The summed E-state index contributed by atoms with van der Waals surface area (Å²) < 4.78 is 5.85. The Morgan fingerprint density at radius 3 is 2.73 bits per heavy atom. The van der Waals surface area contributed by atoms with Crippen molar-refractivity contribution in [2.24, 2.45) is 10.8 Å². The Morgan fingerprint density at radius 2 is 2.14 bits per heavy atom. The van der Waals surface area contributed by atoms with Gasteiger partial charge < -0.3 is 20.1 Å². The molecular formula is C17H30N2O3. The van der Waals surface area contributed by atoms with Gasteiger partial charge >= 0.3 is 6.03 Å². The zero-order valence-corrected chi connectivity index (χ0v) is 13.9. The lowest BCUT2D eigenvalue weighted by Crippen LogP contribution is -2.69. The molecule has 2 aliphatic carbocycles. The van der Waals surface area contributed by atoms with Crippen LogP contribution in [0, 0.1) is 10.8 Å². The summed E-state index contributed by atoms with van der Waals surface area (Å²) >= 11 is 0. The standard InChI is InChI=1S/C17H30N2O3/c1-3-22-14-10-13(17(14)7-4-8-17)18-15(21)19-9-5-6-16(2,11-19)12-20/h13-14,20H,3-12H2,1-2H3,(H,18,21). The number of aliphatic hydroxyl groups excluding tert-OH is 1. The number of rotatable bonds is 4. The van der Waals surface area contributed by atoms with E-state index in [4.69, 9.17) is 4.74 Å². The van der Waals surface area contributed by atoms with Gasteiger partial charge in [0.2, 0.25) is 0 Å². The molecule has 0 bridgehead atoms. The van der Waals surface area contributed by atoms with Crippen molar-refractivity contribution in [1.82, 2.24) is 10.2 Å². The first-order valence-corrected chi connectivity index (χ1v) is 8.81. The normalized spacial score (nSPS) is 36.6.